The minimum atomic E-state index is -4.71. The molecular formula is C49H55Cl3F5N6O20PS2. The lowest BCUT2D eigenvalue weighted by Crippen LogP contribution is -2.35. The molecule has 3 aromatic carbocycles. The first-order valence-electron chi connectivity index (χ1n) is 24.2. The number of unbranched alkanes of at least 4 members (excludes halogenated alkanes) is 2. The summed E-state index contributed by atoms with van der Waals surface area (Å²) in [7, 11) is -7.08. The van der Waals surface area contributed by atoms with Crippen molar-refractivity contribution < 1.29 is 117 Å². The molecule has 6 rings (SSSR count). The second-order valence-corrected chi connectivity index (χ2v) is 24.0. The Kier molecular flexibility index (Phi) is 31.5. The van der Waals surface area contributed by atoms with Gasteiger partial charge in [0.15, 0.2) is 12.4 Å². The van der Waals surface area contributed by atoms with Gasteiger partial charge in [0, 0.05) is 17.2 Å². The molecule has 0 radical (unpaired) electrons. The van der Waals surface area contributed by atoms with Crippen LogP contribution in [0.5, 0.6) is 23.3 Å². The van der Waals surface area contributed by atoms with Crippen LogP contribution in [0.3, 0.4) is 0 Å². The quantitative estimate of drug-likeness (QED) is 0.00995. The summed E-state index contributed by atoms with van der Waals surface area (Å²) in [5.74, 6) is -9.11. The standard InChI is InChI=1S/C21H23ClFNO5.C14H10F4N4O7S.C8H6Cl2O3.C3H8NO5P.C3H9S/c1-2-3-6-9-28-19(25)12-29-18-11-17(16(23)10-15(18)22)24-20(26)13-7-4-5-8-14(13)21(24)27;15-11(16)28-8-5-9(29-12(17)18)20-13(19-8)21-14(25)22-30(26,27)7-4-2-1-3-6(7)10(23)24;1-13-7-5(10)3-2-4(9)6(7)8(11)12;5-3(6)1-4-2-10(7,8)9;1-4(2)3/h10-11H,2-9,12H2,1H3;1-5,11-12H,(H,23,24)(H2,19,20,21,22,25);2-3H,1H3,(H,11,12);4H,1-2H2,(H,5,6)(H2,7,8,9);1-3H3/q;;;;+1/p-1. The lowest BCUT2D eigenvalue weighted by atomic mass is 9.93. The number of sulfonamides is 1. The number of urea groups is 1. The molecule has 4 amide bonds. The number of esters is 1. The molecule has 474 valence electrons. The number of carboxylic acid groups (broad SMARTS) is 3. The van der Waals surface area contributed by atoms with Gasteiger partial charge in [-0.05, 0) is 73.3 Å². The predicted octanol–water partition coefficient (Wildman–Crippen LogP) is 7.58. The minimum Gasteiger partial charge on any atom is -0.778 e. The Bertz CT molecular complexity index is 3200. The summed E-state index contributed by atoms with van der Waals surface area (Å²) < 4.78 is 123. The van der Waals surface area contributed by atoms with E-state index in [2.05, 4.69) is 38.2 Å². The van der Waals surface area contributed by atoms with E-state index in [0.29, 0.717) is 47.6 Å². The van der Waals surface area contributed by atoms with Crippen molar-refractivity contribution in [2.45, 2.75) is 70.0 Å². The number of alkyl halides is 4. The van der Waals surface area contributed by atoms with E-state index in [0.717, 1.165) is 55.2 Å². The molecule has 2 aliphatic rings. The Morgan fingerprint density at radius 3 is 1.86 bits per heavy atom. The summed E-state index contributed by atoms with van der Waals surface area (Å²) >= 11 is 17.4. The molecule has 0 saturated heterocycles. The van der Waals surface area contributed by atoms with E-state index < -0.39 is 126 Å². The second kappa shape index (κ2) is 36.1. The summed E-state index contributed by atoms with van der Waals surface area (Å²) in [4.78, 5) is 105. The van der Waals surface area contributed by atoms with Crippen LogP contribution in [0.4, 0.5) is 38.4 Å². The van der Waals surface area contributed by atoms with Gasteiger partial charge in [-0.15, -0.1) is 0 Å². The Balaban J connectivity index is 0.000000415. The van der Waals surface area contributed by atoms with Crippen molar-refractivity contribution >= 4 is 117 Å². The molecule has 37 heteroatoms. The number of hydrogen-bond donors (Lipinski definition) is 7. The highest BCUT2D eigenvalue weighted by Gasteiger charge is 2.41. The number of rotatable bonds is 22. The van der Waals surface area contributed by atoms with E-state index in [4.69, 9.17) is 69.2 Å². The highest BCUT2D eigenvalue weighted by Crippen LogP contribution is 2.40. The molecule has 4 aromatic rings. The van der Waals surface area contributed by atoms with Gasteiger partial charge in [-0.3, -0.25) is 25.0 Å². The van der Waals surface area contributed by atoms with Crippen molar-refractivity contribution in [1.82, 2.24) is 20.0 Å². The lowest BCUT2D eigenvalue weighted by Gasteiger charge is -2.18. The van der Waals surface area contributed by atoms with Crippen molar-refractivity contribution in [2.24, 2.45) is 0 Å². The molecule has 1 aliphatic heterocycles. The third kappa shape index (κ3) is 25.9. The van der Waals surface area contributed by atoms with Gasteiger partial charge in [0.25, 0.3) is 21.8 Å². The van der Waals surface area contributed by atoms with E-state index in [1.165, 1.54) is 42.2 Å². The van der Waals surface area contributed by atoms with Crippen LogP contribution in [0.15, 0.2) is 70.6 Å². The zero-order valence-corrected chi connectivity index (χ0v) is 50.4. The predicted molar refractivity (Wildman–Crippen MR) is 299 cm³/mol. The van der Waals surface area contributed by atoms with Gasteiger partial charge in [-0.1, -0.05) is 66.7 Å². The van der Waals surface area contributed by atoms with Gasteiger partial charge in [-0.2, -0.15) is 27.5 Å². The molecule has 2 heterocycles. The van der Waals surface area contributed by atoms with Gasteiger partial charge in [0.2, 0.25) is 17.7 Å². The third-order valence-electron chi connectivity index (χ3n) is 10.0. The summed E-state index contributed by atoms with van der Waals surface area (Å²) in [5, 5.41) is 29.8. The second-order valence-electron chi connectivity index (χ2n) is 17.1. The van der Waals surface area contributed by atoms with E-state index in [-0.39, 0.29) is 37.8 Å². The highest BCUT2D eigenvalue weighted by molar-refractivity contribution is 7.94. The van der Waals surface area contributed by atoms with Gasteiger partial charge in [0.05, 0.1) is 77.7 Å². The number of aromatic nitrogens is 2. The first-order valence-corrected chi connectivity index (χ1v) is 31.0. The smallest absolute Gasteiger partial charge is 0.388 e. The Hall–Kier alpha value is -7.10. The molecule has 26 nitrogen and oxygen atoms in total. The fourth-order valence-electron chi connectivity index (χ4n) is 6.66. The average molecular weight is 1340 g/mol. The Morgan fingerprint density at radius 1 is 0.837 bits per heavy atom. The van der Waals surface area contributed by atoms with Crippen LogP contribution in [-0.2, 0) is 49.4 Å². The van der Waals surface area contributed by atoms with Crippen molar-refractivity contribution in [1.29, 1.82) is 0 Å². The Labute approximate surface area is 504 Å². The van der Waals surface area contributed by atoms with Crippen molar-refractivity contribution in [3.63, 3.8) is 0 Å². The summed E-state index contributed by atoms with van der Waals surface area (Å²) in [6.07, 6.45) is 11.3. The summed E-state index contributed by atoms with van der Waals surface area (Å²) in [5.41, 5.74) is -0.0850. The number of nitrogens with zero attached hydrogens (tertiary/aromatic N) is 3. The molecular weight excluding hydrogens is 1290 g/mol. The number of aliphatic carboxylic acids is 1. The number of methoxy groups -OCH3 is 1. The van der Waals surface area contributed by atoms with Crippen molar-refractivity contribution in [3.8, 4) is 23.3 Å². The molecule has 1 atom stereocenters. The van der Waals surface area contributed by atoms with E-state index in [1.54, 1.807) is 5.32 Å². The van der Waals surface area contributed by atoms with Gasteiger partial charge < -0.3 is 53.4 Å². The fourth-order valence-corrected chi connectivity index (χ4v) is 8.83. The number of nitrogens with one attached hydrogen (secondary N) is 3. The first-order chi connectivity index (χ1) is 40.1. The molecule has 1 aliphatic carbocycles. The maximum Gasteiger partial charge on any atom is 0.388 e. The van der Waals surface area contributed by atoms with E-state index in [1.807, 2.05) is 12.2 Å². The van der Waals surface area contributed by atoms with Crippen LogP contribution in [-0.4, -0.2) is 145 Å². The molecule has 0 saturated carbocycles. The molecule has 7 N–H and O–H groups in total. The lowest BCUT2D eigenvalue weighted by molar-refractivity contribution is -0.193. The van der Waals surface area contributed by atoms with E-state index in [9.17, 15) is 73.4 Å². The van der Waals surface area contributed by atoms with Crippen LogP contribution in [0.25, 0.3) is 0 Å². The number of ether oxygens (including phenoxy) is 5. The van der Waals surface area contributed by atoms with Crippen molar-refractivity contribution in [2.75, 3.05) is 62.1 Å². The highest BCUT2D eigenvalue weighted by atomic mass is 35.5. The molecule has 0 spiro atoms. The number of halogens is 8. The SMILES string of the molecule is CCCCCOC(=O)COc1cc(N2C(=O)C3=C(CCCC3)C2=O)c(F)cc1Cl.COc1c(Cl)ccc(Cl)c1C(=O)O.C[S+](C)C.O=C(Nc1nc(OC(F)F)cc(OC(F)F)n1)NS(=O)(=O)c1ccccc1C(=O)O.O=C(O)CNCP(=O)([O-])O. The fraction of sp³-hybridized carbons (Fsp3) is 0.367. The first kappa shape index (κ1) is 75.0. The van der Waals surface area contributed by atoms with Crippen LogP contribution < -0.4 is 44.1 Å². The molecule has 1 unspecified atom stereocenters. The minimum absolute atomic E-state index is 0.000883. The normalized spacial score (nSPS) is 13.2. The third-order valence-corrected chi connectivity index (χ3v) is 12.9. The van der Waals surface area contributed by atoms with Crippen LogP contribution in [0, 0.1) is 5.82 Å². The average Bonchev–Trinajstić information content (AvgIpc) is 1.82. The monoisotopic (exact) mass is 1340 g/mol. The number of hydrogen-bond acceptors (Lipinski definition) is 19. The molecule has 0 fully saturated rings. The zero-order valence-electron chi connectivity index (χ0n) is 45.6. The van der Waals surface area contributed by atoms with E-state index >= 15 is 0 Å². The number of carboxylic acids is 3. The number of carbonyl (C=O) groups excluding carboxylic acids is 4. The van der Waals surface area contributed by atoms with Crippen molar-refractivity contribution in [3.05, 3.63) is 97.8 Å². The molecule has 0 bridgehead atoms. The number of aromatic carboxylic acids is 2. The maximum absolute atomic E-state index is 14.5. The van der Waals surface area contributed by atoms with Crippen LogP contribution in [0.1, 0.15) is 72.6 Å². The van der Waals surface area contributed by atoms with Crippen LogP contribution >= 0.6 is 42.4 Å². The Morgan fingerprint density at radius 2 is 1.38 bits per heavy atom. The number of amides is 4. The molecule has 86 heavy (non-hydrogen) atoms. The topological polar surface area (TPSA) is 386 Å². The molecule has 1 aromatic heterocycles. The largest absolute Gasteiger partial charge is 0.778 e. The van der Waals surface area contributed by atoms with Gasteiger partial charge in [-0.25, -0.2) is 41.6 Å². The number of imide groups is 1. The maximum atomic E-state index is 14.5. The van der Waals surface area contributed by atoms with Gasteiger partial charge >= 0.3 is 43.1 Å². The summed E-state index contributed by atoms with van der Waals surface area (Å²) in [6, 6.07) is 8.26. The summed E-state index contributed by atoms with van der Waals surface area (Å²) in [6.45, 7) is -5.36. The zero-order chi connectivity index (χ0) is 65.2. The van der Waals surface area contributed by atoms with Gasteiger partial charge in [0.1, 0.15) is 29.6 Å². The number of benzene rings is 3. The number of anilines is 2. The number of carbonyl (C=O) groups is 7. The van der Waals surface area contributed by atoms with Crippen LogP contribution in [0.2, 0.25) is 15.1 Å².